The molecule has 1 atom stereocenters. The van der Waals surface area contributed by atoms with Crippen molar-refractivity contribution in [2.45, 2.75) is 38.5 Å². The van der Waals surface area contributed by atoms with E-state index in [1.165, 1.54) is 11.1 Å². The second-order valence-corrected chi connectivity index (χ2v) is 9.22. The Morgan fingerprint density at radius 1 is 1.03 bits per heavy atom. The second-order valence-electron chi connectivity index (χ2n) is 9.22. The lowest BCUT2D eigenvalue weighted by atomic mass is 9.75. The molecule has 0 radical (unpaired) electrons. The summed E-state index contributed by atoms with van der Waals surface area (Å²) >= 11 is 0. The van der Waals surface area contributed by atoms with Gasteiger partial charge in [-0.3, -0.25) is 10.2 Å². The molecule has 2 aliphatic rings. The SMILES string of the molecule is COc1cc2c(cc1C)C(C(=N)N(C)CCCN1CCc3cc(OC)c(OC)cc3CC1=O)C2. The molecule has 7 heteroatoms. The van der Waals surface area contributed by atoms with Crippen LogP contribution in [0.3, 0.4) is 0 Å². The molecule has 1 unspecified atom stereocenters. The predicted molar refractivity (Wildman–Crippen MR) is 133 cm³/mol. The van der Waals surface area contributed by atoms with E-state index in [0.29, 0.717) is 36.8 Å². The van der Waals surface area contributed by atoms with Crippen LogP contribution >= 0.6 is 0 Å². The molecule has 0 aromatic heterocycles. The first-order chi connectivity index (χ1) is 16.4. The third-order valence-electron chi connectivity index (χ3n) is 7.17. The van der Waals surface area contributed by atoms with Gasteiger partial charge in [0.1, 0.15) is 11.6 Å². The Morgan fingerprint density at radius 3 is 2.35 bits per heavy atom. The van der Waals surface area contributed by atoms with Gasteiger partial charge >= 0.3 is 0 Å². The number of amidine groups is 1. The van der Waals surface area contributed by atoms with Crippen LogP contribution in [0.5, 0.6) is 17.2 Å². The van der Waals surface area contributed by atoms with E-state index >= 15 is 0 Å². The predicted octanol–water partition coefficient (Wildman–Crippen LogP) is 3.59. The number of nitrogens with zero attached hydrogens (tertiary/aromatic N) is 2. The highest BCUT2D eigenvalue weighted by molar-refractivity contribution is 5.89. The molecule has 0 saturated carbocycles. The molecule has 1 heterocycles. The Bertz CT molecular complexity index is 1100. The number of ether oxygens (including phenoxy) is 3. The van der Waals surface area contributed by atoms with Crippen LogP contribution in [0.2, 0.25) is 0 Å². The lowest BCUT2D eigenvalue weighted by Crippen LogP contribution is -2.39. The van der Waals surface area contributed by atoms with E-state index < -0.39 is 0 Å². The van der Waals surface area contributed by atoms with Crippen LogP contribution in [-0.4, -0.2) is 69.6 Å². The molecule has 1 aliphatic carbocycles. The number of hydrogen-bond donors (Lipinski definition) is 1. The van der Waals surface area contributed by atoms with Gasteiger partial charge in [0.15, 0.2) is 11.5 Å². The van der Waals surface area contributed by atoms with Gasteiger partial charge in [0.25, 0.3) is 0 Å². The fourth-order valence-electron chi connectivity index (χ4n) is 5.05. The summed E-state index contributed by atoms with van der Waals surface area (Å²) in [6, 6.07) is 8.18. The Hall–Kier alpha value is -3.22. The van der Waals surface area contributed by atoms with Crippen molar-refractivity contribution in [3.05, 3.63) is 52.1 Å². The summed E-state index contributed by atoms with van der Waals surface area (Å²) in [4.78, 5) is 16.9. The van der Waals surface area contributed by atoms with Crippen molar-refractivity contribution in [3.8, 4) is 17.2 Å². The number of aryl methyl sites for hydroxylation is 1. The van der Waals surface area contributed by atoms with Gasteiger partial charge in [-0.25, -0.2) is 0 Å². The van der Waals surface area contributed by atoms with Crippen molar-refractivity contribution < 1.29 is 19.0 Å². The quantitative estimate of drug-likeness (QED) is 0.476. The first kappa shape index (κ1) is 23.9. The third-order valence-corrected chi connectivity index (χ3v) is 7.17. The minimum Gasteiger partial charge on any atom is -0.496 e. The molecule has 182 valence electrons. The maximum absolute atomic E-state index is 12.9. The number of fused-ring (bicyclic) bond motifs is 2. The number of likely N-dealkylation sites (N-methyl/N-ethyl adjacent to an activating group) is 1. The average Bonchev–Trinajstić information content (AvgIpc) is 2.97. The highest BCUT2D eigenvalue weighted by Crippen LogP contribution is 2.40. The summed E-state index contributed by atoms with van der Waals surface area (Å²) in [6.45, 7) is 4.18. The maximum atomic E-state index is 12.9. The Balaban J connectivity index is 1.31. The monoisotopic (exact) mass is 465 g/mol. The average molecular weight is 466 g/mol. The van der Waals surface area contributed by atoms with Crippen LogP contribution in [-0.2, 0) is 24.1 Å². The molecule has 0 spiro atoms. The summed E-state index contributed by atoms with van der Waals surface area (Å²) in [5, 5.41) is 8.70. The van der Waals surface area contributed by atoms with Crippen LogP contribution in [0.1, 0.15) is 40.2 Å². The van der Waals surface area contributed by atoms with Gasteiger partial charge in [0.05, 0.1) is 27.8 Å². The highest BCUT2D eigenvalue weighted by atomic mass is 16.5. The normalized spacial score (nSPS) is 16.7. The lowest BCUT2D eigenvalue weighted by molar-refractivity contribution is -0.130. The fraction of sp³-hybridized carbons (Fsp3) is 0.481. The first-order valence-electron chi connectivity index (χ1n) is 11.8. The van der Waals surface area contributed by atoms with Gasteiger partial charge < -0.3 is 24.0 Å². The number of amides is 1. The van der Waals surface area contributed by atoms with E-state index in [9.17, 15) is 4.79 Å². The number of methoxy groups -OCH3 is 3. The molecule has 1 N–H and O–H groups in total. The van der Waals surface area contributed by atoms with E-state index in [1.807, 2.05) is 35.9 Å². The topological polar surface area (TPSA) is 75.1 Å². The lowest BCUT2D eigenvalue weighted by Gasteiger charge is -2.35. The standard InChI is InChI=1S/C27H35N3O4/c1-17-11-21-20(15-23(17)32-3)12-22(21)27(28)29(2)8-6-9-30-10-7-18-13-24(33-4)25(34-5)14-19(18)16-26(30)31/h11,13-15,22,28H,6-10,12,16H2,1-5H3. The summed E-state index contributed by atoms with van der Waals surface area (Å²) in [5.74, 6) is 3.20. The number of benzene rings is 2. The number of carbonyl (C=O) groups excluding carboxylic acids is 1. The summed E-state index contributed by atoms with van der Waals surface area (Å²) in [5.41, 5.74) is 5.77. The molecule has 1 aliphatic heterocycles. The number of nitrogens with one attached hydrogen (secondary N) is 1. The summed E-state index contributed by atoms with van der Waals surface area (Å²) in [6.07, 6.45) is 2.89. The van der Waals surface area contributed by atoms with Gasteiger partial charge in [0, 0.05) is 32.6 Å². The summed E-state index contributed by atoms with van der Waals surface area (Å²) < 4.78 is 16.3. The smallest absolute Gasteiger partial charge is 0.227 e. The van der Waals surface area contributed by atoms with Crippen LogP contribution in [0.4, 0.5) is 0 Å². The van der Waals surface area contributed by atoms with Crippen molar-refractivity contribution in [2.75, 3.05) is 48.0 Å². The van der Waals surface area contributed by atoms with Crippen molar-refractivity contribution in [1.29, 1.82) is 5.41 Å². The largest absolute Gasteiger partial charge is 0.496 e. The van der Waals surface area contributed by atoms with Crippen LogP contribution in [0, 0.1) is 12.3 Å². The fourth-order valence-corrected chi connectivity index (χ4v) is 5.05. The number of rotatable bonds is 8. The molecule has 0 bridgehead atoms. The van der Waals surface area contributed by atoms with Crippen LogP contribution in [0.15, 0.2) is 24.3 Å². The van der Waals surface area contributed by atoms with Crippen LogP contribution < -0.4 is 14.2 Å². The molecule has 4 rings (SSSR count). The summed E-state index contributed by atoms with van der Waals surface area (Å²) in [7, 11) is 6.92. The Kier molecular flexibility index (Phi) is 7.00. The molecular weight excluding hydrogens is 430 g/mol. The zero-order valence-corrected chi connectivity index (χ0v) is 20.9. The molecule has 2 aromatic carbocycles. The number of carbonyl (C=O) groups is 1. The van der Waals surface area contributed by atoms with E-state index in [2.05, 4.69) is 12.1 Å². The minimum absolute atomic E-state index is 0.140. The first-order valence-corrected chi connectivity index (χ1v) is 11.8. The third kappa shape index (κ3) is 4.56. The zero-order valence-electron chi connectivity index (χ0n) is 20.9. The van der Waals surface area contributed by atoms with Crippen molar-refractivity contribution in [3.63, 3.8) is 0 Å². The van der Waals surface area contributed by atoms with Gasteiger partial charge in [-0.1, -0.05) is 6.07 Å². The van der Waals surface area contributed by atoms with Crippen molar-refractivity contribution >= 4 is 11.7 Å². The van der Waals surface area contributed by atoms with Gasteiger partial charge in [-0.15, -0.1) is 0 Å². The number of hydrogen-bond acceptors (Lipinski definition) is 5. The van der Waals surface area contributed by atoms with Gasteiger partial charge in [0.2, 0.25) is 5.91 Å². The van der Waals surface area contributed by atoms with Gasteiger partial charge in [-0.2, -0.15) is 0 Å². The Morgan fingerprint density at radius 2 is 1.68 bits per heavy atom. The molecular formula is C27H35N3O4. The van der Waals surface area contributed by atoms with E-state index in [0.717, 1.165) is 48.2 Å². The molecule has 1 amide bonds. The van der Waals surface area contributed by atoms with Gasteiger partial charge in [-0.05, 0) is 72.2 Å². The molecule has 34 heavy (non-hydrogen) atoms. The van der Waals surface area contributed by atoms with E-state index in [1.54, 1.807) is 21.3 Å². The second kappa shape index (κ2) is 9.95. The molecule has 7 nitrogen and oxygen atoms in total. The van der Waals surface area contributed by atoms with E-state index in [-0.39, 0.29) is 11.8 Å². The van der Waals surface area contributed by atoms with Crippen LogP contribution in [0.25, 0.3) is 0 Å². The zero-order chi connectivity index (χ0) is 24.4. The molecule has 0 saturated heterocycles. The Labute approximate surface area is 202 Å². The van der Waals surface area contributed by atoms with Crippen molar-refractivity contribution in [1.82, 2.24) is 9.80 Å². The molecule has 2 aromatic rings. The van der Waals surface area contributed by atoms with Crippen molar-refractivity contribution in [2.24, 2.45) is 0 Å². The minimum atomic E-state index is 0.140. The highest BCUT2D eigenvalue weighted by Gasteiger charge is 2.32. The maximum Gasteiger partial charge on any atom is 0.227 e. The van der Waals surface area contributed by atoms with E-state index in [4.69, 9.17) is 19.6 Å². The molecule has 0 fully saturated rings.